The third-order valence-electron chi connectivity index (χ3n) is 3.16. The first-order valence-corrected chi connectivity index (χ1v) is 8.17. The molecular weight excluding hydrogens is 334 g/mol. The van der Waals surface area contributed by atoms with E-state index in [9.17, 15) is 13.2 Å². The molecule has 0 amide bonds. The lowest BCUT2D eigenvalue weighted by molar-refractivity contribution is 0.00897. The monoisotopic (exact) mass is 347 g/mol. The van der Waals surface area contributed by atoms with Crippen molar-refractivity contribution in [3.63, 3.8) is 0 Å². The summed E-state index contributed by atoms with van der Waals surface area (Å²) in [5.74, 6) is -0.518. The number of primary sulfonamides is 1. The zero-order valence-electron chi connectivity index (χ0n) is 10.3. The molecule has 1 saturated carbocycles. The van der Waals surface area contributed by atoms with Crippen LogP contribution in [0.25, 0.3) is 0 Å². The normalized spacial score (nSPS) is 15.9. The molecular formula is C12H14BrNO4S. The molecule has 0 heterocycles. The van der Waals surface area contributed by atoms with Gasteiger partial charge in [0.05, 0.1) is 10.5 Å². The fourth-order valence-corrected chi connectivity index (χ4v) is 3.19. The van der Waals surface area contributed by atoms with Crippen molar-refractivity contribution in [3.05, 3.63) is 27.7 Å². The van der Waals surface area contributed by atoms with Crippen molar-refractivity contribution < 1.29 is 17.9 Å². The summed E-state index contributed by atoms with van der Waals surface area (Å²) >= 11 is 3.23. The topological polar surface area (TPSA) is 86.5 Å². The summed E-state index contributed by atoms with van der Waals surface area (Å²) < 4.78 is 28.7. The van der Waals surface area contributed by atoms with Gasteiger partial charge in [-0.1, -0.05) is 15.9 Å². The molecule has 19 heavy (non-hydrogen) atoms. The van der Waals surface area contributed by atoms with Crippen LogP contribution in [0.5, 0.6) is 0 Å². The van der Waals surface area contributed by atoms with Crippen molar-refractivity contribution in [2.24, 2.45) is 5.14 Å². The Hall–Kier alpha value is -0.920. The summed E-state index contributed by atoms with van der Waals surface area (Å²) in [5.41, 5.74) is 0.663. The van der Waals surface area contributed by atoms with Crippen LogP contribution in [0.4, 0.5) is 0 Å². The molecule has 1 aliphatic carbocycles. The van der Waals surface area contributed by atoms with Gasteiger partial charge < -0.3 is 4.74 Å². The summed E-state index contributed by atoms with van der Waals surface area (Å²) in [7, 11) is -3.87. The number of hydrogen-bond donors (Lipinski definition) is 1. The van der Waals surface area contributed by atoms with Crippen LogP contribution < -0.4 is 5.14 Å². The second-order valence-corrected chi connectivity index (χ2v) is 6.97. The standard InChI is InChI=1S/C12H14BrNO4S/c1-7-10(13)5-8(6-11(7)19(14,16)17)12(15)18-9-3-2-4-9/h5-6,9H,2-4H2,1H3,(H2,14,16,17). The van der Waals surface area contributed by atoms with E-state index in [-0.39, 0.29) is 16.6 Å². The Kier molecular flexibility index (Phi) is 3.98. The molecule has 0 aromatic heterocycles. The molecule has 1 fully saturated rings. The minimum Gasteiger partial charge on any atom is -0.459 e. The van der Waals surface area contributed by atoms with E-state index in [2.05, 4.69) is 15.9 Å². The van der Waals surface area contributed by atoms with Crippen LogP contribution in [0.3, 0.4) is 0 Å². The van der Waals surface area contributed by atoms with E-state index in [0.29, 0.717) is 10.0 Å². The lowest BCUT2D eigenvalue weighted by atomic mass is 9.96. The second kappa shape index (κ2) is 5.22. The van der Waals surface area contributed by atoms with Gasteiger partial charge in [-0.25, -0.2) is 18.4 Å². The number of esters is 1. The molecule has 0 saturated heterocycles. The summed E-state index contributed by atoms with van der Waals surface area (Å²) in [5, 5.41) is 5.13. The third-order valence-corrected chi connectivity index (χ3v) is 5.03. The van der Waals surface area contributed by atoms with Crippen molar-refractivity contribution in [2.75, 3.05) is 0 Å². The number of benzene rings is 1. The number of nitrogens with two attached hydrogens (primary N) is 1. The number of sulfonamides is 1. The summed E-state index contributed by atoms with van der Waals surface area (Å²) in [6.45, 7) is 1.62. The zero-order chi connectivity index (χ0) is 14.2. The molecule has 1 aliphatic rings. The largest absolute Gasteiger partial charge is 0.459 e. The number of ether oxygens (including phenoxy) is 1. The highest BCUT2D eigenvalue weighted by Gasteiger charge is 2.24. The van der Waals surface area contributed by atoms with Crippen LogP contribution in [0.1, 0.15) is 35.2 Å². The third kappa shape index (κ3) is 3.16. The highest BCUT2D eigenvalue weighted by Crippen LogP contribution is 2.27. The fraction of sp³-hybridized carbons (Fsp3) is 0.417. The lowest BCUT2D eigenvalue weighted by Gasteiger charge is -2.25. The van der Waals surface area contributed by atoms with Crippen molar-refractivity contribution in [2.45, 2.75) is 37.2 Å². The van der Waals surface area contributed by atoms with Crippen LogP contribution >= 0.6 is 15.9 Å². The Balaban J connectivity index is 2.36. The van der Waals surface area contributed by atoms with E-state index < -0.39 is 16.0 Å². The van der Waals surface area contributed by atoms with Gasteiger partial charge in [-0.3, -0.25) is 0 Å². The molecule has 0 radical (unpaired) electrons. The van der Waals surface area contributed by atoms with E-state index in [4.69, 9.17) is 9.88 Å². The minimum atomic E-state index is -3.87. The predicted molar refractivity (Wildman–Crippen MR) is 73.3 cm³/mol. The lowest BCUT2D eigenvalue weighted by Crippen LogP contribution is -2.25. The van der Waals surface area contributed by atoms with E-state index in [1.165, 1.54) is 6.07 Å². The van der Waals surface area contributed by atoms with Crippen molar-refractivity contribution in [1.29, 1.82) is 0 Å². The number of carbonyl (C=O) groups excluding carboxylic acids is 1. The molecule has 0 bridgehead atoms. The molecule has 1 aromatic carbocycles. The Morgan fingerprint density at radius 2 is 2.05 bits per heavy atom. The summed E-state index contributed by atoms with van der Waals surface area (Å²) in [6.07, 6.45) is 2.73. The van der Waals surface area contributed by atoms with Gasteiger partial charge in [0.25, 0.3) is 0 Å². The van der Waals surface area contributed by atoms with Crippen LogP contribution in [-0.2, 0) is 14.8 Å². The Bertz CT molecular complexity index is 623. The number of hydrogen-bond acceptors (Lipinski definition) is 4. The molecule has 0 unspecified atom stereocenters. The molecule has 5 nitrogen and oxygen atoms in total. The Morgan fingerprint density at radius 1 is 1.42 bits per heavy atom. The first-order valence-electron chi connectivity index (χ1n) is 5.83. The van der Waals surface area contributed by atoms with Gasteiger partial charge in [0.2, 0.25) is 10.0 Å². The van der Waals surface area contributed by atoms with Crippen LogP contribution in [0.2, 0.25) is 0 Å². The highest BCUT2D eigenvalue weighted by atomic mass is 79.9. The van der Waals surface area contributed by atoms with Gasteiger partial charge in [-0.05, 0) is 43.9 Å². The van der Waals surface area contributed by atoms with E-state index in [1.54, 1.807) is 13.0 Å². The smallest absolute Gasteiger partial charge is 0.338 e. The molecule has 0 spiro atoms. The fourth-order valence-electron chi connectivity index (χ4n) is 1.78. The maximum Gasteiger partial charge on any atom is 0.338 e. The van der Waals surface area contributed by atoms with Crippen molar-refractivity contribution in [1.82, 2.24) is 0 Å². The van der Waals surface area contributed by atoms with E-state index in [0.717, 1.165) is 19.3 Å². The Morgan fingerprint density at radius 3 is 2.53 bits per heavy atom. The van der Waals surface area contributed by atoms with E-state index in [1.807, 2.05) is 0 Å². The van der Waals surface area contributed by atoms with Crippen molar-refractivity contribution in [3.8, 4) is 0 Å². The van der Waals surface area contributed by atoms with E-state index >= 15 is 0 Å². The van der Waals surface area contributed by atoms with Crippen molar-refractivity contribution >= 4 is 31.9 Å². The maximum absolute atomic E-state index is 11.9. The molecule has 104 valence electrons. The first kappa shape index (κ1) is 14.5. The average molecular weight is 348 g/mol. The van der Waals surface area contributed by atoms with Gasteiger partial charge in [0.1, 0.15) is 6.10 Å². The molecule has 1 aromatic rings. The predicted octanol–water partition coefficient (Wildman–Crippen LogP) is 2.11. The SMILES string of the molecule is Cc1c(Br)cc(C(=O)OC2CCC2)cc1S(N)(=O)=O. The van der Waals surface area contributed by atoms with Crippen LogP contribution in [0, 0.1) is 6.92 Å². The first-order chi connectivity index (χ1) is 8.79. The quantitative estimate of drug-likeness (QED) is 0.848. The number of rotatable bonds is 3. The maximum atomic E-state index is 11.9. The number of carbonyl (C=O) groups is 1. The molecule has 0 atom stereocenters. The molecule has 0 aliphatic heterocycles. The second-order valence-electron chi connectivity index (χ2n) is 4.58. The van der Waals surface area contributed by atoms with Gasteiger partial charge in [0.15, 0.2) is 0 Å². The van der Waals surface area contributed by atoms with Gasteiger partial charge in [0, 0.05) is 4.47 Å². The van der Waals surface area contributed by atoms with Crippen LogP contribution in [-0.4, -0.2) is 20.5 Å². The molecule has 2 N–H and O–H groups in total. The average Bonchev–Trinajstić information content (AvgIpc) is 2.25. The molecule has 7 heteroatoms. The molecule has 2 rings (SSSR count). The number of halogens is 1. The highest BCUT2D eigenvalue weighted by molar-refractivity contribution is 9.10. The minimum absolute atomic E-state index is 0.0505. The van der Waals surface area contributed by atoms with Gasteiger partial charge in [-0.2, -0.15) is 0 Å². The zero-order valence-corrected chi connectivity index (χ0v) is 12.8. The summed E-state index contributed by atoms with van der Waals surface area (Å²) in [6, 6.07) is 2.81. The Labute approximate surface area is 120 Å². The summed E-state index contributed by atoms with van der Waals surface area (Å²) in [4.78, 5) is 11.8. The van der Waals surface area contributed by atoms with Gasteiger partial charge in [-0.15, -0.1) is 0 Å². The van der Waals surface area contributed by atoms with Crippen LogP contribution in [0.15, 0.2) is 21.5 Å². The van der Waals surface area contributed by atoms with Gasteiger partial charge >= 0.3 is 5.97 Å².